The number of aromatic nitrogens is 8. The normalized spacial score (nSPS) is 14.2. The number of rotatable bonds is 7. The topological polar surface area (TPSA) is 120 Å². The summed E-state index contributed by atoms with van der Waals surface area (Å²) in [6.07, 6.45) is 6.18. The van der Waals surface area contributed by atoms with E-state index in [1.807, 2.05) is 22.6 Å². The van der Waals surface area contributed by atoms with Crippen molar-refractivity contribution in [2.75, 3.05) is 30.3 Å². The average Bonchev–Trinajstić information content (AvgIpc) is 3.30. The van der Waals surface area contributed by atoms with Crippen LogP contribution in [0.3, 0.4) is 0 Å². The van der Waals surface area contributed by atoms with Gasteiger partial charge in [-0.2, -0.15) is 5.10 Å². The van der Waals surface area contributed by atoms with Crippen LogP contribution in [0.2, 0.25) is 0 Å². The van der Waals surface area contributed by atoms with Gasteiger partial charge in [0.05, 0.1) is 5.92 Å². The Morgan fingerprint density at radius 1 is 1.26 bits per heavy atom. The number of carbonyl (C=O) groups excluding carboxylic acids is 1. The Kier molecular flexibility index (Phi) is 4.96. The second-order valence-electron chi connectivity index (χ2n) is 6.04. The Bertz CT molecular complexity index is 905. The van der Waals surface area contributed by atoms with Gasteiger partial charge in [-0.1, -0.05) is 11.8 Å². The molecule has 3 aromatic heterocycles. The number of hydrogen-bond donors (Lipinski definition) is 1. The Morgan fingerprint density at radius 2 is 2.11 bits per heavy atom. The minimum Gasteiger partial charge on any atom is -0.355 e. The lowest BCUT2D eigenvalue weighted by atomic mass is 9.99. The summed E-state index contributed by atoms with van der Waals surface area (Å²) < 4.78 is 3.43. The summed E-state index contributed by atoms with van der Waals surface area (Å²) >= 11 is 1.56. The number of nitrogens with one attached hydrogen (secondary N) is 1. The molecule has 1 aliphatic rings. The van der Waals surface area contributed by atoms with Gasteiger partial charge in [0.15, 0.2) is 11.0 Å². The Morgan fingerprint density at radius 3 is 2.85 bits per heavy atom. The van der Waals surface area contributed by atoms with Crippen LogP contribution >= 0.6 is 11.8 Å². The average molecular weight is 386 g/mol. The fraction of sp³-hybridized carbons (Fsp3) is 0.400. The van der Waals surface area contributed by atoms with Crippen LogP contribution < -0.4 is 10.2 Å². The second-order valence-corrected chi connectivity index (χ2v) is 7.10. The van der Waals surface area contributed by atoms with E-state index in [9.17, 15) is 4.79 Å². The SMILES string of the molecule is Cn1cnnc1SCCNC(=O)C1CN(c2cc(-n3cncn3)ncn2)C1. The Labute approximate surface area is 159 Å². The molecule has 140 valence electrons. The maximum atomic E-state index is 12.2. The first kappa shape index (κ1) is 17.4. The molecule has 4 rings (SSSR count). The summed E-state index contributed by atoms with van der Waals surface area (Å²) in [4.78, 5) is 26.7. The number of anilines is 1. The number of hydrogen-bond acceptors (Lipinski definition) is 9. The van der Waals surface area contributed by atoms with Crippen LogP contribution in [0, 0.1) is 5.92 Å². The summed E-state index contributed by atoms with van der Waals surface area (Å²) in [5.74, 6) is 2.20. The van der Waals surface area contributed by atoms with E-state index in [0.717, 1.165) is 16.7 Å². The predicted octanol–water partition coefficient (Wildman–Crippen LogP) is -0.469. The Hall–Kier alpha value is -3.02. The smallest absolute Gasteiger partial charge is 0.226 e. The predicted molar refractivity (Wildman–Crippen MR) is 97.4 cm³/mol. The number of carbonyl (C=O) groups is 1. The first-order valence-corrected chi connectivity index (χ1v) is 9.36. The number of aryl methyl sites for hydroxylation is 1. The van der Waals surface area contributed by atoms with Crippen molar-refractivity contribution in [2.45, 2.75) is 5.16 Å². The first-order chi connectivity index (χ1) is 13.2. The zero-order chi connectivity index (χ0) is 18.6. The summed E-state index contributed by atoms with van der Waals surface area (Å²) in [6, 6.07) is 1.83. The third kappa shape index (κ3) is 3.89. The van der Waals surface area contributed by atoms with Gasteiger partial charge in [-0.05, 0) is 0 Å². The van der Waals surface area contributed by atoms with Crippen molar-refractivity contribution in [1.82, 2.24) is 44.8 Å². The highest BCUT2D eigenvalue weighted by Crippen LogP contribution is 2.23. The van der Waals surface area contributed by atoms with E-state index in [0.29, 0.717) is 25.5 Å². The zero-order valence-corrected chi connectivity index (χ0v) is 15.5. The van der Waals surface area contributed by atoms with Crippen LogP contribution in [0.25, 0.3) is 5.82 Å². The van der Waals surface area contributed by atoms with E-state index >= 15 is 0 Å². The van der Waals surface area contributed by atoms with Gasteiger partial charge in [-0.15, -0.1) is 10.2 Å². The number of amides is 1. The molecule has 0 radical (unpaired) electrons. The van der Waals surface area contributed by atoms with Crippen LogP contribution in [0.1, 0.15) is 0 Å². The number of thioether (sulfide) groups is 1. The minimum atomic E-state index is -0.0328. The van der Waals surface area contributed by atoms with Crippen molar-refractivity contribution >= 4 is 23.5 Å². The van der Waals surface area contributed by atoms with Gasteiger partial charge < -0.3 is 14.8 Å². The third-order valence-electron chi connectivity index (χ3n) is 4.17. The highest BCUT2D eigenvalue weighted by Gasteiger charge is 2.33. The minimum absolute atomic E-state index is 0.0328. The molecular formula is C15H18N10OS. The van der Waals surface area contributed by atoms with Gasteiger partial charge in [-0.3, -0.25) is 4.79 Å². The fourth-order valence-corrected chi connectivity index (χ4v) is 3.40. The molecule has 1 aliphatic heterocycles. The molecule has 1 fully saturated rings. The van der Waals surface area contributed by atoms with Crippen molar-refractivity contribution in [3.63, 3.8) is 0 Å². The molecule has 0 aromatic carbocycles. The molecule has 0 spiro atoms. The third-order valence-corrected chi connectivity index (χ3v) is 5.21. The molecular weight excluding hydrogens is 368 g/mol. The fourth-order valence-electron chi connectivity index (χ4n) is 2.66. The van der Waals surface area contributed by atoms with Crippen molar-refractivity contribution in [3.8, 4) is 5.82 Å². The number of nitrogens with zero attached hydrogens (tertiary/aromatic N) is 9. The Balaban J connectivity index is 1.23. The molecule has 0 saturated carbocycles. The van der Waals surface area contributed by atoms with Crippen molar-refractivity contribution in [1.29, 1.82) is 0 Å². The zero-order valence-electron chi connectivity index (χ0n) is 14.6. The van der Waals surface area contributed by atoms with Crippen molar-refractivity contribution in [2.24, 2.45) is 13.0 Å². The summed E-state index contributed by atoms with van der Waals surface area (Å²) in [6.45, 7) is 1.86. The second kappa shape index (κ2) is 7.70. The largest absolute Gasteiger partial charge is 0.355 e. The summed E-state index contributed by atoms with van der Waals surface area (Å²) in [7, 11) is 1.89. The summed E-state index contributed by atoms with van der Waals surface area (Å²) in [5.41, 5.74) is 0. The van der Waals surface area contributed by atoms with Crippen molar-refractivity contribution in [3.05, 3.63) is 31.4 Å². The molecule has 4 heterocycles. The highest BCUT2D eigenvalue weighted by atomic mass is 32.2. The van der Waals surface area contributed by atoms with E-state index in [2.05, 4.69) is 35.6 Å². The highest BCUT2D eigenvalue weighted by molar-refractivity contribution is 7.99. The van der Waals surface area contributed by atoms with E-state index in [4.69, 9.17) is 0 Å². The first-order valence-electron chi connectivity index (χ1n) is 8.37. The molecule has 27 heavy (non-hydrogen) atoms. The van der Waals surface area contributed by atoms with Crippen LogP contribution in [0.5, 0.6) is 0 Å². The van der Waals surface area contributed by atoms with Crippen LogP contribution in [-0.4, -0.2) is 70.8 Å². The van der Waals surface area contributed by atoms with Crippen LogP contribution in [0.15, 0.2) is 36.5 Å². The monoisotopic (exact) mass is 386 g/mol. The molecule has 0 atom stereocenters. The lowest BCUT2D eigenvalue weighted by Gasteiger charge is -2.39. The lowest BCUT2D eigenvalue weighted by molar-refractivity contribution is -0.125. The van der Waals surface area contributed by atoms with Gasteiger partial charge in [-0.25, -0.2) is 19.6 Å². The molecule has 11 nitrogen and oxygen atoms in total. The lowest BCUT2D eigenvalue weighted by Crippen LogP contribution is -2.54. The van der Waals surface area contributed by atoms with E-state index in [1.165, 1.54) is 12.7 Å². The van der Waals surface area contributed by atoms with Gasteiger partial charge in [0.25, 0.3) is 0 Å². The maximum Gasteiger partial charge on any atom is 0.226 e. The molecule has 3 aromatic rings. The van der Waals surface area contributed by atoms with E-state index in [-0.39, 0.29) is 11.8 Å². The van der Waals surface area contributed by atoms with Gasteiger partial charge >= 0.3 is 0 Å². The van der Waals surface area contributed by atoms with E-state index < -0.39 is 0 Å². The molecule has 1 N–H and O–H groups in total. The maximum absolute atomic E-state index is 12.2. The van der Waals surface area contributed by atoms with Gasteiger partial charge in [0.1, 0.15) is 31.1 Å². The van der Waals surface area contributed by atoms with Crippen molar-refractivity contribution < 1.29 is 4.79 Å². The molecule has 12 heteroatoms. The summed E-state index contributed by atoms with van der Waals surface area (Å²) in [5, 5.41) is 15.7. The van der Waals surface area contributed by atoms with Gasteiger partial charge in [0.2, 0.25) is 5.91 Å². The van der Waals surface area contributed by atoms with Crippen LogP contribution in [0.4, 0.5) is 5.82 Å². The van der Waals surface area contributed by atoms with E-state index in [1.54, 1.807) is 29.1 Å². The van der Waals surface area contributed by atoms with Crippen LogP contribution in [-0.2, 0) is 11.8 Å². The molecule has 1 saturated heterocycles. The molecule has 1 amide bonds. The standard InChI is InChI=1S/C15H18N10OS/c1-23-10-20-22-15(23)27-3-2-17-14(26)11-5-24(6-11)12-4-13(19-8-18-12)25-9-16-7-21-25/h4,7-11H,2-3,5-6H2,1H3,(H,17,26). The quantitative estimate of drug-likeness (QED) is 0.424. The molecule has 0 bridgehead atoms. The van der Waals surface area contributed by atoms with Gasteiger partial charge in [0, 0.05) is 38.5 Å². The molecule has 0 unspecified atom stereocenters. The molecule has 0 aliphatic carbocycles.